The lowest BCUT2D eigenvalue weighted by atomic mass is 10.1. The Bertz CT molecular complexity index is 882. The van der Waals surface area contributed by atoms with Crippen LogP contribution in [-0.2, 0) is 5.54 Å². The fourth-order valence-corrected chi connectivity index (χ4v) is 3.90. The molecule has 1 aliphatic heterocycles. The molecular weight excluding hydrogens is 423 g/mol. The number of carbonyl (C=O) groups is 1. The third-order valence-corrected chi connectivity index (χ3v) is 5.63. The molecule has 0 unspecified atom stereocenters. The second kappa shape index (κ2) is 9.81. The van der Waals surface area contributed by atoms with E-state index in [1.165, 1.54) is 0 Å². The minimum atomic E-state index is -0.183. The zero-order chi connectivity index (χ0) is 19.9. The molecule has 0 bridgehead atoms. The van der Waals surface area contributed by atoms with Gasteiger partial charge in [0, 0.05) is 50.9 Å². The molecule has 1 saturated carbocycles. The van der Waals surface area contributed by atoms with Gasteiger partial charge in [0.2, 0.25) is 0 Å². The first-order chi connectivity index (χ1) is 13.3. The molecule has 7 nitrogen and oxygen atoms in total. The zero-order valence-corrected chi connectivity index (χ0v) is 20.0. The largest absolute Gasteiger partial charge is 0.351 e. The van der Waals surface area contributed by atoms with E-state index in [4.69, 9.17) is 10.1 Å². The van der Waals surface area contributed by atoms with Gasteiger partial charge in [0.05, 0.1) is 22.2 Å². The summed E-state index contributed by atoms with van der Waals surface area (Å²) in [5, 5.41) is 12.1. The van der Waals surface area contributed by atoms with Crippen LogP contribution in [0.1, 0.15) is 61.3 Å². The van der Waals surface area contributed by atoms with Crippen LogP contribution < -0.4 is 10.6 Å². The van der Waals surface area contributed by atoms with Crippen LogP contribution in [-0.4, -0.2) is 64.8 Å². The number of hydrogen-bond donors (Lipinski definition) is 2. The molecule has 3 heterocycles. The first-order valence-electron chi connectivity index (χ1n) is 10.5. The van der Waals surface area contributed by atoms with Crippen LogP contribution in [0.5, 0.6) is 0 Å². The fourth-order valence-electron chi connectivity index (χ4n) is 3.90. The first-order valence-corrected chi connectivity index (χ1v) is 10.5. The number of amides is 1. The highest BCUT2D eigenvalue weighted by Gasteiger charge is 2.30. The molecule has 0 aromatic carbocycles. The topological polar surface area (TPSA) is 75.1 Å². The van der Waals surface area contributed by atoms with Gasteiger partial charge in [0.25, 0.3) is 5.91 Å². The Morgan fingerprint density at radius 1 is 1.23 bits per heavy atom. The van der Waals surface area contributed by atoms with Gasteiger partial charge in [-0.2, -0.15) is 5.10 Å². The van der Waals surface area contributed by atoms with Gasteiger partial charge in [-0.1, -0.05) is 0 Å². The van der Waals surface area contributed by atoms with E-state index < -0.39 is 0 Å². The van der Waals surface area contributed by atoms with Crippen molar-refractivity contribution in [1.82, 2.24) is 30.3 Å². The second-order valence-electron chi connectivity index (χ2n) is 9.08. The van der Waals surface area contributed by atoms with Gasteiger partial charge in [0.15, 0.2) is 5.65 Å². The number of nitrogens with zero attached hydrogens (tertiary/aromatic N) is 4. The third kappa shape index (κ3) is 5.25. The smallest absolute Gasteiger partial charge is 0.252 e. The van der Waals surface area contributed by atoms with Crippen molar-refractivity contribution in [2.75, 3.05) is 39.3 Å². The van der Waals surface area contributed by atoms with E-state index in [-0.39, 0.29) is 36.3 Å². The third-order valence-electron chi connectivity index (χ3n) is 5.63. The van der Waals surface area contributed by atoms with E-state index in [0.29, 0.717) is 12.5 Å². The van der Waals surface area contributed by atoms with Crippen LogP contribution in [0.3, 0.4) is 0 Å². The lowest BCUT2D eigenvalue weighted by Gasteiger charge is -2.27. The summed E-state index contributed by atoms with van der Waals surface area (Å²) < 4.78 is 1.97. The Hall–Kier alpha value is -1.41. The first kappa shape index (κ1) is 24.9. The van der Waals surface area contributed by atoms with E-state index in [2.05, 4.69) is 36.3 Å². The Kier molecular flexibility index (Phi) is 8.13. The number of pyridine rings is 1. The normalized spacial score (nSPS) is 17.3. The number of carbonyl (C=O) groups excluding carboxylic acids is 1. The summed E-state index contributed by atoms with van der Waals surface area (Å²) in [6, 6.07) is 2.00. The van der Waals surface area contributed by atoms with E-state index in [0.717, 1.165) is 73.6 Å². The van der Waals surface area contributed by atoms with Crippen molar-refractivity contribution in [3.63, 3.8) is 0 Å². The van der Waals surface area contributed by atoms with Gasteiger partial charge < -0.3 is 10.6 Å². The summed E-state index contributed by atoms with van der Waals surface area (Å²) in [5.41, 5.74) is 3.27. The molecule has 2 aromatic rings. The number of aryl methyl sites for hydroxylation is 1. The molecule has 2 aromatic heterocycles. The predicted octanol–water partition coefficient (Wildman–Crippen LogP) is 2.85. The quantitative estimate of drug-likeness (QED) is 0.723. The monoisotopic (exact) mass is 456 g/mol. The van der Waals surface area contributed by atoms with Crippen molar-refractivity contribution >= 4 is 41.8 Å². The van der Waals surface area contributed by atoms with E-state index in [9.17, 15) is 4.79 Å². The lowest BCUT2D eigenvalue weighted by molar-refractivity contribution is 0.0948. The van der Waals surface area contributed by atoms with Crippen LogP contribution in [0.25, 0.3) is 11.0 Å². The molecule has 0 atom stereocenters. The van der Waals surface area contributed by atoms with Crippen molar-refractivity contribution in [2.24, 2.45) is 0 Å². The van der Waals surface area contributed by atoms with Crippen molar-refractivity contribution in [3.8, 4) is 0 Å². The maximum Gasteiger partial charge on any atom is 0.252 e. The molecular formula is C21H34Cl2N6O. The lowest BCUT2D eigenvalue weighted by Crippen LogP contribution is -2.46. The van der Waals surface area contributed by atoms with Crippen molar-refractivity contribution in [1.29, 1.82) is 0 Å². The number of halogens is 2. The minimum absolute atomic E-state index is 0. The van der Waals surface area contributed by atoms with Crippen LogP contribution in [0.15, 0.2) is 6.07 Å². The number of rotatable bonds is 5. The Labute approximate surface area is 191 Å². The van der Waals surface area contributed by atoms with Crippen molar-refractivity contribution in [2.45, 2.75) is 52.0 Å². The highest BCUT2D eigenvalue weighted by atomic mass is 35.5. The second-order valence-corrected chi connectivity index (χ2v) is 9.08. The Morgan fingerprint density at radius 2 is 1.90 bits per heavy atom. The molecule has 2 aliphatic rings. The highest BCUT2D eigenvalue weighted by Crippen LogP contribution is 2.40. The molecule has 1 saturated heterocycles. The molecule has 4 rings (SSSR count). The molecule has 2 N–H and O–H groups in total. The molecule has 168 valence electrons. The Balaban J connectivity index is 0.00000160. The van der Waals surface area contributed by atoms with E-state index >= 15 is 0 Å². The van der Waals surface area contributed by atoms with Crippen molar-refractivity contribution in [3.05, 3.63) is 23.0 Å². The summed E-state index contributed by atoms with van der Waals surface area (Å²) in [6.07, 6.45) is 2.32. The summed E-state index contributed by atoms with van der Waals surface area (Å²) in [7, 11) is 0. The SMILES string of the molecule is Cc1nn(C(C)(C)C)c2nc(C3CC3)cc(C(=O)NCCN3CCNCC3)c12.Cl.Cl. The number of piperazine rings is 1. The van der Waals surface area contributed by atoms with Crippen LogP contribution in [0.4, 0.5) is 0 Å². The standard InChI is InChI=1S/C21H32N6O.2ClH/c1-14-18-16(20(28)23-9-12-26-10-7-22-8-11-26)13-17(15-5-6-15)24-19(18)27(25-14)21(2,3)4;;/h13,15,22H,5-12H2,1-4H3,(H,23,28);2*1H. The molecule has 0 radical (unpaired) electrons. The summed E-state index contributed by atoms with van der Waals surface area (Å²) in [5.74, 6) is 0.474. The van der Waals surface area contributed by atoms with Gasteiger partial charge >= 0.3 is 0 Å². The van der Waals surface area contributed by atoms with Crippen molar-refractivity contribution < 1.29 is 4.79 Å². The van der Waals surface area contributed by atoms with Crippen LogP contribution >= 0.6 is 24.8 Å². The molecule has 0 spiro atoms. The maximum absolute atomic E-state index is 13.1. The zero-order valence-electron chi connectivity index (χ0n) is 18.3. The van der Waals surface area contributed by atoms with E-state index in [1.807, 2.05) is 17.7 Å². The molecule has 9 heteroatoms. The Morgan fingerprint density at radius 3 is 2.50 bits per heavy atom. The average Bonchev–Trinajstić information content (AvgIpc) is 3.45. The van der Waals surface area contributed by atoms with Gasteiger partial charge in [0.1, 0.15) is 0 Å². The van der Waals surface area contributed by atoms with Gasteiger partial charge in [-0.25, -0.2) is 9.67 Å². The molecule has 2 fully saturated rings. The predicted molar refractivity (Wildman–Crippen MR) is 125 cm³/mol. The van der Waals surface area contributed by atoms with Crippen LogP contribution in [0.2, 0.25) is 0 Å². The number of fused-ring (bicyclic) bond motifs is 1. The fraction of sp³-hybridized carbons (Fsp3) is 0.667. The number of hydrogen-bond acceptors (Lipinski definition) is 5. The number of aromatic nitrogens is 3. The molecule has 30 heavy (non-hydrogen) atoms. The van der Waals surface area contributed by atoms with Gasteiger partial charge in [-0.05, 0) is 46.6 Å². The van der Waals surface area contributed by atoms with E-state index in [1.54, 1.807) is 0 Å². The summed E-state index contributed by atoms with van der Waals surface area (Å²) in [6.45, 7) is 14.0. The number of nitrogens with one attached hydrogen (secondary N) is 2. The molecule has 1 amide bonds. The van der Waals surface area contributed by atoms with Gasteiger partial charge in [-0.3, -0.25) is 9.69 Å². The van der Waals surface area contributed by atoms with Gasteiger partial charge in [-0.15, -0.1) is 24.8 Å². The minimum Gasteiger partial charge on any atom is -0.351 e. The van der Waals surface area contributed by atoms with Crippen LogP contribution in [0, 0.1) is 6.92 Å². The average molecular weight is 457 g/mol. The molecule has 1 aliphatic carbocycles. The maximum atomic E-state index is 13.1. The summed E-state index contributed by atoms with van der Waals surface area (Å²) in [4.78, 5) is 20.4. The summed E-state index contributed by atoms with van der Waals surface area (Å²) >= 11 is 0. The highest BCUT2D eigenvalue weighted by molar-refractivity contribution is 6.06.